The molecule has 0 aromatic heterocycles. The first-order chi connectivity index (χ1) is 10.4. The molecule has 1 N–H and O–H groups in total. The Morgan fingerprint density at radius 1 is 1.23 bits per heavy atom. The third-order valence-corrected chi connectivity index (χ3v) is 7.47. The number of nitrogens with one attached hydrogen (secondary N) is 1. The fourth-order valence-electron chi connectivity index (χ4n) is 3.22. The molecule has 22 heavy (non-hydrogen) atoms. The summed E-state index contributed by atoms with van der Waals surface area (Å²) in [5.41, 5.74) is 2.07. The molecule has 0 radical (unpaired) electrons. The average molecular weight is 339 g/mol. The van der Waals surface area contributed by atoms with Gasteiger partial charge >= 0.3 is 0 Å². The molecule has 0 saturated carbocycles. The molecule has 2 fully saturated rings. The number of hydrogen-bond donors (Lipinski definition) is 1. The van der Waals surface area contributed by atoms with E-state index in [0.29, 0.717) is 5.17 Å². The number of amidine groups is 1. The molecule has 120 valence electrons. The van der Waals surface area contributed by atoms with Crippen LogP contribution in [0.3, 0.4) is 0 Å². The Morgan fingerprint density at radius 2 is 1.86 bits per heavy atom. The average Bonchev–Trinajstić information content (AvgIpc) is 2.91. The first-order valence-corrected chi connectivity index (χ1v) is 10.2. The number of benzene rings is 1. The number of thioether (sulfide) groups is 1. The number of anilines is 2. The lowest BCUT2D eigenvalue weighted by Crippen LogP contribution is -2.37. The van der Waals surface area contributed by atoms with Gasteiger partial charge in [0, 0.05) is 29.7 Å². The molecule has 2 atom stereocenters. The highest BCUT2D eigenvalue weighted by molar-refractivity contribution is 8.15. The van der Waals surface area contributed by atoms with Crippen LogP contribution in [0, 0.1) is 5.41 Å². The lowest BCUT2D eigenvalue weighted by molar-refractivity contribution is 0.601. The van der Waals surface area contributed by atoms with Crippen LogP contribution in [0.4, 0.5) is 11.4 Å². The van der Waals surface area contributed by atoms with Gasteiger partial charge in [0.25, 0.3) is 0 Å². The SMILES string of the molecule is CCN(CC)c1ccc(N2C(=N)S[C@H]3CS(=O)(=O)C[C@@H]32)cc1. The first kappa shape index (κ1) is 15.7. The number of rotatable bonds is 4. The number of sulfone groups is 1. The molecule has 0 amide bonds. The molecule has 2 heterocycles. The summed E-state index contributed by atoms with van der Waals surface area (Å²) in [4.78, 5) is 4.14. The maximum atomic E-state index is 11.8. The Kier molecular flexibility index (Phi) is 4.11. The quantitative estimate of drug-likeness (QED) is 0.911. The summed E-state index contributed by atoms with van der Waals surface area (Å²) in [7, 11) is -2.97. The van der Waals surface area contributed by atoms with Crippen LogP contribution >= 0.6 is 11.8 Å². The fourth-order valence-corrected chi connectivity index (χ4v) is 7.02. The monoisotopic (exact) mass is 339 g/mol. The van der Waals surface area contributed by atoms with Crippen molar-refractivity contribution in [2.24, 2.45) is 0 Å². The number of fused-ring (bicyclic) bond motifs is 1. The van der Waals surface area contributed by atoms with Crippen LogP contribution in [0.25, 0.3) is 0 Å². The lowest BCUT2D eigenvalue weighted by Gasteiger charge is -2.26. The molecule has 0 unspecified atom stereocenters. The molecule has 2 saturated heterocycles. The van der Waals surface area contributed by atoms with E-state index in [1.807, 2.05) is 17.0 Å². The molecule has 0 aliphatic carbocycles. The van der Waals surface area contributed by atoms with Crippen molar-refractivity contribution in [2.75, 3.05) is 34.4 Å². The van der Waals surface area contributed by atoms with Gasteiger partial charge in [-0.2, -0.15) is 0 Å². The van der Waals surface area contributed by atoms with Gasteiger partial charge in [-0.25, -0.2) is 8.42 Å². The third-order valence-electron chi connectivity index (χ3n) is 4.34. The maximum Gasteiger partial charge on any atom is 0.161 e. The molecule has 1 aromatic carbocycles. The van der Waals surface area contributed by atoms with E-state index < -0.39 is 9.84 Å². The largest absolute Gasteiger partial charge is 0.372 e. The van der Waals surface area contributed by atoms with E-state index in [1.165, 1.54) is 11.8 Å². The van der Waals surface area contributed by atoms with Crippen LogP contribution in [-0.4, -0.2) is 49.5 Å². The predicted molar refractivity (Wildman–Crippen MR) is 94.0 cm³/mol. The maximum absolute atomic E-state index is 11.8. The molecule has 0 spiro atoms. The van der Waals surface area contributed by atoms with Gasteiger partial charge in [0.1, 0.15) is 0 Å². The number of nitrogens with zero attached hydrogens (tertiary/aromatic N) is 2. The Hall–Kier alpha value is -1.21. The van der Waals surface area contributed by atoms with Gasteiger partial charge in [-0.15, -0.1) is 0 Å². The Balaban J connectivity index is 1.86. The van der Waals surface area contributed by atoms with Crippen molar-refractivity contribution in [2.45, 2.75) is 25.1 Å². The number of hydrogen-bond acceptors (Lipinski definition) is 5. The van der Waals surface area contributed by atoms with E-state index in [0.717, 1.165) is 24.5 Å². The van der Waals surface area contributed by atoms with Crippen molar-refractivity contribution in [1.82, 2.24) is 0 Å². The zero-order valence-corrected chi connectivity index (χ0v) is 14.5. The lowest BCUT2D eigenvalue weighted by atomic mass is 10.2. The van der Waals surface area contributed by atoms with E-state index in [2.05, 4.69) is 30.9 Å². The van der Waals surface area contributed by atoms with Crippen LogP contribution in [0.5, 0.6) is 0 Å². The molecular formula is C15H21N3O2S2. The second-order valence-corrected chi connectivity index (χ2v) is 9.05. The molecule has 7 heteroatoms. The molecule has 0 bridgehead atoms. The van der Waals surface area contributed by atoms with Crippen molar-refractivity contribution in [1.29, 1.82) is 5.41 Å². The van der Waals surface area contributed by atoms with E-state index >= 15 is 0 Å². The Bertz CT molecular complexity index is 669. The van der Waals surface area contributed by atoms with Gasteiger partial charge in [-0.1, -0.05) is 11.8 Å². The highest BCUT2D eigenvalue weighted by Crippen LogP contribution is 2.40. The van der Waals surface area contributed by atoms with Gasteiger partial charge in [0.05, 0.1) is 17.5 Å². The summed E-state index contributed by atoms with van der Waals surface area (Å²) in [6.07, 6.45) is 0. The second kappa shape index (κ2) is 5.77. The highest BCUT2D eigenvalue weighted by atomic mass is 32.2. The van der Waals surface area contributed by atoms with Crippen molar-refractivity contribution in [3.05, 3.63) is 24.3 Å². The summed E-state index contributed by atoms with van der Waals surface area (Å²) in [5.74, 6) is 0.351. The minimum Gasteiger partial charge on any atom is -0.372 e. The van der Waals surface area contributed by atoms with Crippen molar-refractivity contribution < 1.29 is 8.42 Å². The van der Waals surface area contributed by atoms with Crippen molar-refractivity contribution in [3.8, 4) is 0 Å². The van der Waals surface area contributed by atoms with Gasteiger partial charge in [0.2, 0.25) is 0 Å². The summed E-state index contributed by atoms with van der Waals surface area (Å²) in [6.45, 7) is 6.15. The molecule has 2 aliphatic heterocycles. The fraction of sp³-hybridized carbons (Fsp3) is 0.533. The van der Waals surface area contributed by atoms with Crippen LogP contribution in [0.1, 0.15) is 13.8 Å². The zero-order chi connectivity index (χ0) is 15.9. The summed E-state index contributed by atoms with van der Waals surface area (Å²) < 4.78 is 23.7. The van der Waals surface area contributed by atoms with Crippen LogP contribution in [-0.2, 0) is 9.84 Å². The van der Waals surface area contributed by atoms with Gasteiger partial charge < -0.3 is 9.80 Å². The summed E-state index contributed by atoms with van der Waals surface area (Å²) >= 11 is 1.38. The van der Waals surface area contributed by atoms with Crippen LogP contribution < -0.4 is 9.80 Å². The van der Waals surface area contributed by atoms with Crippen molar-refractivity contribution >= 4 is 38.1 Å². The first-order valence-electron chi connectivity index (χ1n) is 7.55. The van der Waals surface area contributed by atoms with Crippen LogP contribution in [0.2, 0.25) is 0 Å². The van der Waals surface area contributed by atoms with E-state index in [-0.39, 0.29) is 22.8 Å². The van der Waals surface area contributed by atoms with Crippen LogP contribution in [0.15, 0.2) is 24.3 Å². The van der Waals surface area contributed by atoms with Crippen molar-refractivity contribution in [3.63, 3.8) is 0 Å². The minimum absolute atomic E-state index is 0.0000383. The summed E-state index contributed by atoms with van der Waals surface area (Å²) in [5, 5.41) is 8.62. The second-order valence-electron chi connectivity index (χ2n) is 5.66. The minimum atomic E-state index is -2.97. The normalized spacial score (nSPS) is 26.3. The standard InChI is InChI=1S/C15H21N3O2S2/c1-3-17(4-2)11-5-7-12(8-6-11)18-13-9-22(19,20)10-14(13)21-15(18)16/h5-8,13-14,16H,3-4,9-10H2,1-2H3/t13-,14-/m0/s1. The molecule has 1 aromatic rings. The van der Waals surface area contributed by atoms with E-state index in [1.54, 1.807) is 0 Å². The summed E-state index contributed by atoms with van der Waals surface area (Å²) in [6, 6.07) is 8.00. The predicted octanol–water partition coefficient (Wildman–Crippen LogP) is 2.19. The topological polar surface area (TPSA) is 64.5 Å². The Morgan fingerprint density at radius 3 is 2.45 bits per heavy atom. The van der Waals surface area contributed by atoms with Gasteiger partial charge in [-0.05, 0) is 38.1 Å². The molecular weight excluding hydrogens is 318 g/mol. The Labute approximate surface area is 136 Å². The molecule has 5 nitrogen and oxygen atoms in total. The van der Waals surface area contributed by atoms with E-state index in [9.17, 15) is 8.42 Å². The zero-order valence-electron chi connectivity index (χ0n) is 12.8. The smallest absolute Gasteiger partial charge is 0.161 e. The molecule has 3 rings (SSSR count). The molecule has 2 aliphatic rings. The van der Waals surface area contributed by atoms with Gasteiger partial charge in [0.15, 0.2) is 15.0 Å². The third kappa shape index (κ3) is 2.72. The van der Waals surface area contributed by atoms with Gasteiger partial charge in [-0.3, -0.25) is 5.41 Å². The highest BCUT2D eigenvalue weighted by Gasteiger charge is 2.48. The van der Waals surface area contributed by atoms with E-state index in [4.69, 9.17) is 5.41 Å².